The smallest absolute Gasteiger partial charge is 0.129 e. The summed E-state index contributed by atoms with van der Waals surface area (Å²) in [6.45, 7) is 0. The molecule has 0 amide bonds. The Balaban J connectivity index is 2.07. The molecule has 0 bridgehead atoms. The van der Waals surface area contributed by atoms with E-state index in [0.717, 1.165) is 11.4 Å². The Morgan fingerprint density at radius 3 is 2.67 bits per heavy atom. The van der Waals surface area contributed by atoms with Crippen LogP contribution in [0.4, 0.5) is 0 Å². The van der Waals surface area contributed by atoms with Crippen molar-refractivity contribution >= 4 is 10.8 Å². The predicted molar refractivity (Wildman–Crippen MR) is 71.7 cm³/mol. The Hall–Kier alpha value is -2.17. The third-order valence-corrected chi connectivity index (χ3v) is 3.07. The van der Waals surface area contributed by atoms with Gasteiger partial charge in [0.05, 0.1) is 0 Å². The van der Waals surface area contributed by atoms with Gasteiger partial charge < -0.3 is 4.98 Å². The second kappa shape index (κ2) is 4.60. The lowest BCUT2D eigenvalue weighted by molar-refractivity contribution is 0.608. The Morgan fingerprint density at radius 2 is 1.94 bits per heavy atom. The highest BCUT2D eigenvalue weighted by Crippen LogP contribution is 2.22. The first-order chi connectivity index (χ1) is 8.88. The molecule has 4 N–H and O–H groups in total. The zero-order valence-electron chi connectivity index (χ0n) is 9.80. The van der Waals surface area contributed by atoms with Crippen LogP contribution < -0.4 is 11.3 Å². The van der Waals surface area contributed by atoms with Crippen molar-refractivity contribution in [3.05, 3.63) is 66.2 Å². The molecular formula is C14H14N4. The SMILES string of the molecule is NNC(c1ccc2ccccc2c1)c1ncc[nH]1. The Labute approximate surface area is 105 Å². The first kappa shape index (κ1) is 11.0. The number of hydrazine groups is 1. The first-order valence-corrected chi connectivity index (χ1v) is 5.82. The van der Waals surface area contributed by atoms with Crippen LogP contribution in [0.1, 0.15) is 17.4 Å². The number of nitrogens with zero attached hydrogens (tertiary/aromatic N) is 1. The number of nitrogens with two attached hydrogens (primary N) is 1. The topological polar surface area (TPSA) is 66.7 Å². The minimum absolute atomic E-state index is 0.121. The maximum atomic E-state index is 5.63. The van der Waals surface area contributed by atoms with Crippen LogP contribution in [0.5, 0.6) is 0 Å². The van der Waals surface area contributed by atoms with Crippen LogP contribution in [-0.4, -0.2) is 9.97 Å². The van der Waals surface area contributed by atoms with Crippen LogP contribution in [0, 0.1) is 0 Å². The Bertz CT molecular complexity index is 646. The largest absolute Gasteiger partial charge is 0.347 e. The molecule has 1 atom stereocenters. The van der Waals surface area contributed by atoms with Crippen LogP contribution in [0.3, 0.4) is 0 Å². The number of fused-ring (bicyclic) bond motifs is 1. The third-order valence-electron chi connectivity index (χ3n) is 3.07. The summed E-state index contributed by atoms with van der Waals surface area (Å²) in [5, 5.41) is 2.42. The van der Waals surface area contributed by atoms with Gasteiger partial charge >= 0.3 is 0 Å². The summed E-state index contributed by atoms with van der Waals surface area (Å²) >= 11 is 0. The van der Waals surface area contributed by atoms with Crippen LogP contribution in [0.25, 0.3) is 10.8 Å². The van der Waals surface area contributed by atoms with E-state index < -0.39 is 0 Å². The van der Waals surface area contributed by atoms with Gasteiger partial charge in [0.25, 0.3) is 0 Å². The van der Waals surface area contributed by atoms with Crippen LogP contribution in [0.2, 0.25) is 0 Å². The van der Waals surface area contributed by atoms with E-state index in [1.165, 1.54) is 10.8 Å². The lowest BCUT2D eigenvalue weighted by Crippen LogP contribution is -2.29. The van der Waals surface area contributed by atoms with Gasteiger partial charge in [-0.2, -0.15) is 0 Å². The van der Waals surface area contributed by atoms with Gasteiger partial charge in [0.2, 0.25) is 0 Å². The van der Waals surface area contributed by atoms with E-state index >= 15 is 0 Å². The van der Waals surface area contributed by atoms with Crippen molar-refractivity contribution in [1.29, 1.82) is 0 Å². The summed E-state index contributed by atoms with van der Waals surface area (Å²) in [5.41, 5.74) is 3.88. The van der Waals surface area contributed by atoms with Crippen LogP contribution >= 0.6 is 0 Å². The zero-order valence-corrected chi connectivity index (χ0v) is 9.80. The molecule has 3 aromatic rings. The molecular weight excluding hydrogens is 224 g/mol. The predicted octanol–water partition coefficient (Wildman–Crippen LogP) is 2.12. The average Bonchev–Trinajstić information content (AvgIpc) is 2.93. The average molecular weight is 238 g/mol. The van der Waals surface area contributed by atoms with Gasteiger partial charge in [0.1, 0.15) is 11.9 Å². The fourth-order valence-electron chi connectivity index (χ4n) is 2.16. The molecule has 4 nitrogen and oxygen atoms in total. The second-order valence-corrected chi connectivity index (χ2v) is 4.18. The highest BCUT2D eigenvalue weighted by Gasteiger charge is 2.14. The number of rotatable bonds is 3. The molecule has 3 rings (SSSR count). The normalized spacial score (nSPS) is 12.7. The number of imidazole rings is 1. The maximum absolute atomic E-state index is 5.63. The summed E-state index contributed by atoms with van der Waals surface area (Å²) in [6.07, 6.45) is 3.52. The van der Waals surface area contributed by atoms with E-state index in [2.05, 4.69) is 45.7 Å². The number of hydrogen-bond donors (Lipinski definition) is 3. The van der Waals surface area contributed by atoms with Crippen molar-refractivity contribution < 1.29 is 0 Å². The van der Waals surface area contributed by atoms with E-state index in [1.807, 2.05) is 12.1 Å². The minimum atomic E-state index is -0.121. The molecule has 0 saturated carbocycles. The summed E-state index contributed by atoms with van der Waals surface area (Å²) in [6, 6.07) is 14.4. The molecule has 1 unspecified atom stereocenters. The fraction of sp³-hybridized carbons (Fsp3) is 0.0714. The lowest BCUT2D eigenvalue weighted by atomic mass is 10.0. The quantitative estimate of drug-likeness (QED) is 0.483. The van der Waals surface area contributed by atoms with Crippen molar-refractivity contribution in [3.8, 4) is 0 Å². The number of aromatic amines is 1. The number of benzene rings is 2. The molecule has 4 heteroatoms. The fourth-order valence-corrected chi connectivity index (χ4v) is 2.16. The van der Waals surface area contributed by atoms with E-state index in [4.69, 9.17) is 5.84 Å². The molecule has 0 aliphatic carbocycles. The van der Waals surface area contributed by atoms with Gasteiger partial charge in [-0.15, -0.1) is 0 Å². The standard InChI is InChI=1S/C14H14N4/c15-18-13(14-16-7-8-17-14)12-6-5-10-3-1-2-4-11(10)9-12/h1-9,13,18H,15H2,(H,16,17). The van der Waals surface area contributed by atoms with Gasteiger partial charge in [0, 0.05) is 12.4 Å². The van der Waals surface area contributed by atoms with Crippen LogP contribution in [0.15, 0.2) is 54.9 Å². The lowest BCUT2D eigenvalue weighted by Gasteiger charge is -2.14. The highest BCUT2D eigenvalue weighted by molar-refractivity contribution is 5.83. The third kappa shape index (κ3) is 1.88. The number of nitrogens with one attached hydrogen (secondary N) is 2. The second-order valence-electron chi connectivity index (χ2n) is 4.18. The number of aromatic nitrogens is 2. The van der Waals surface area contributed by atoms with E-state index in [9.17, 15) is 0 Å². The van der Waals surface area contributed by atoms with E-state index in [1.54, 1.807) is 12.4 Å². The van der Waals surface area contributed by atoms with Crippen molar-refractivity contribution in [2.24, 2.45) is 5.84 Å². The van der Waals surface area contributed by atoms with Gasteiger partial charge in [-0.3, -0.25) is 5.84 Å². The summed E-state index contributed by atoms with van der Waals surface area (Å²) < 4.78 is 0. The van der Waals surface area contributed by atoms with Crippen molar-refractivity contribution in [3.63, 3.8) is 0 Å². The minimum Gasteiger partial charge on any atom is -0.347 e. The van der Waals surface area contributed by atoms with Gasteiger partial charge in [-0.25, -0.2) is 10.4 Å². The van der Waals surface area contributed by atoms with Gasteiger partial charge in [-0.05, 0) is 22.4 Å². The monoisotopic (exact) mass is 238 g/mol. The molecule has 90 valence electrons. The molecule has 0 aliphatic heterocycles. The Morgan fingerprint density at radius 1 is 1.11 bits per heavy atom. The summed E-state index contributed by atoms with van der Waals surface area (Å²) in [5.74, 6) is 6.44. The zero-order chi connectivity index (χ0) is 12.4. The number of H-pyrrole nitrogens is 1. The van der Waals surface area contributed by atoms with Crippen molar-refractivity contribution in [2.75, 3.05) is 0 Å². The number of hydrogen-bond acceptors (Lipinski definition) is 3. The summed E-state index contributed by atoms with van der Waals surface area (Å²) in [4.78, 5) is 7.33. The summed E-state index contributed by atoms with van der Waals surface area (Å²) in [7, 11) is 0. The molecule has 0 aliphatic rings. The molecule has 0 spiro atoms. The van der Waals surface area contributed by atoms with Gasteiger partial charge in [0.15, 0.2) is 0 Å². The molecule has 0 radical (unpaired) electrons. The molecule has 18 heavy (non-hydrogen) atoms. The first-order valence-electron chi connectivity index (χ1n) is 5.82. The molecule has 1 heterocycles. The molecule has 1 aromatic heterocycles. The molecule has 0 saturated heterocycles. The molecule has 2 aromatic carbocycles. The van der Waals surface area contributed by atoms with Gasteiger partial charge in [-0.1, -0.05) is 36.4 Å². The maximum Gasteiger partial charge on any atom is 0.129 e. The molecule has 0 fully saturated rings. The van der Waals surface area contributed by atoms with Crippen LogP contribution in [-0.2, 0) is 0 Å². The van der Waals surface area contributed by atoms with E-state index in [-0.39, 0.29) is 6.04 Å². The van der Waals surface area contributed by atoms with Crippen molar-refractivity contribution in [2.45, 2.75) is 6.04 Å². The van der Waals surface area contributed by atoms with Crippen molar-refractivity contribution in [1.82, 2.24) is 15.4 Å². The van der Waals surface area contributed by atoms with E-state index in [0.29, 0.717) is 0 Å². The Kier molecular flexibility index (Phi) is 2.80. The highest BCUT2D eigenvalue weighted by atomic mass is 15.2.